The van der Waals surface area contributed by atoms with E-state index < -0.39 is 27.7 Å². The van der Waals surface area contributed by atoms with Crippen molar-refractivity contribution in [3.8, 4) is 6.01 Å². The molecule has 2 N–H and O–H groups in total. The maximum atomic E-state index is 14.6. The van der Waals surface area contributed by atoms with Crippen molar-refractivity contribution in [3.63, 3.8) is 0 Å². The van der Waals surface area contributed by atoms with Crippen LogP contribution in [0.15, 0.2) is 36.7 Å². The number of nitrogens with zero attached hydrogens (tertiary/aromatic N) is 5. The number of carbonyl (C=O) groups excluding carboxylic acids is 1. The number of anilines is 2. The minimum Gasteiger partial charge on any atom is -0.458 e. The number of piperazine rings is 1. The lowest BCUT2D eigenvalue weighted by molar-refractivity contribution is 0.102. The van der Waals surface area contributed by atoms with Gasteiger partial charge in [0.2, 0.25) is 0 Å². The molecule has 0 aliphatic carbocycles. The number of benzene rings is 2. The molecule has 6 rings (SSSR count). The van der Waals surface area contributed by atoms with Crippen LogP contribution in [0.1, 0.15) is 24.2 Å². The summed E-state index contributed by atoms with van der Waals surface area (Å²) < 4.78 is 45.0. The number of nitrogens with one attached hydrogen (secondary N) is 2. The normalized spacial score (nSPS) is 21.2. The van der Waals surface area contributed by atoms with Gasteiger partial charge in [-0.1, -0.05) is 0 Å². The molecule has 13 heteroatoms. The summed E-state index contributed by atoms with van der Waals surface area (Å²) in [5.41, 5.74) is 1.99. The molecule has 0 radical (unpaired) electrons. The molecule has 39 heavy (non-hydrogen) atoms. The maximum Gasteiger partial charge on any atom is 0.317 e. The predicted molar refractivity (Wildman–Crippen MR) is 146 cm³/mol. The number of halogens is 1. The van der Waals surface area contributed by atoms with Gasteiger partial charge in [0.05, 0.1) is 22.6 Å². The number of aryl methyl sites for hydroxylation is 1. The molecule has 4 aromatic rings. The van der Waals surface area contributed by atoms with Gasteiger partial charge < -0.3 is 20.3 Å². The van der Waals surface area contributed by atoms with Crippen molar-refractivity contribution in [2.75, 3.05) is 34.8 Å². The van der Waals surface area contributed by atoms with E-state index in [9.17, 15) is 17.6 Å². The van der Waals surface area contributed by atoms with Gasteiger partial charge in [-0.2, -0.15) is 10.1 Å². The molecule has 2 aromatic heterocycles. The molecule has 2 aromatic carbocycles. The summed E-state index contributed by atoms with van der Waals surface area (Å²) in [5.74, 6) is -1.22. The van der Waals surface area contributed by atoms with Crippen LogP contribution in [-0.4, -0.2) is 76.9 Å². The average molecular weight is 554 g/mol. The Morgan fingerprint density at radius 1 is 1.15 bits per heavy atom. The highest BCUT2D eigenvalue weighted by molar-refractivity contribution is 7.92. The predicted octanol–water partition coefficient (Wildman–Crippen LogP) is 2.27. The first kappa shape index (κ1) is 25.4. The number of hydrogen-bond donors (Lipinski definition) is 2. The van der Waals surface area contributed by atoms with Crippen molar-refractivity contribution < 1.29 is 22.3 Å². The van der Waals surface area contributed by atoms with Crippen molar-refractivity contribution in [2.24, 2.45) is 7.05 Å². The van der Waals surface area contributed by atoms with Gasteiger partial charge in [0.1, 0.15) is 11.6 Å². The second-order valence-electron chi connectivity index (χ2n) is 10.4. The van der Waals surface area contributed by atoms with Crippen LogP contribution in [0, 0.1) is 5.82 Å². The number of ether oxygens (including phenoxy) is 1. The van der Waals surface area contributed by atoms with Crippen molar-refractivity contribution in [1.29, 1.82) is 0 Å². The molecular weight excluding hydrogens is 525 g/mol. The highest BCUT2D eigenvalue weighted by Gasteiger charge is 2.36. The Morgan fingerprint density at radius 2 is 1.90 bits per heavy atom. The van der Waals surface area contributed by atoms with Gasteiger partial charge in [0, 0.05) is 66.8 Å². The second kappa shape index (κ2) is 9.42. The highest BCUT2D eigenvalue weighted by Crippen LogP contribution is 2.32. The summed E-state index contributed by atoms with van der Waals surface area (Å²) in [6.45, 7) is 5.74. The van der Waals surface area contributed by atoms with E-state index in [4.69, 9.17) is 4.74 Å². The first-order valence-corrected chi connectivity index (χ1v) is 14.5. The summed E-state index contributed by atoms with van der Waals surface area (Å²) in [5, 5.41) is 11.6. The molecule has 0 saturated carbocycles. The van der Waals surface area contributed by atoms with Gasteiger partial charge in [-0.15, -0.1) is 0 Å². The molecule has 2 aliphatic rings. The number of carbonyl (C=O) groups is 1. The number of fused-ring (bicyclic) bond motifs is 2. The fourth-order valence-electron chi connectivity index (χ4n) is 5.35. The zero-order valence-corrected chi connectivity index (χ0v) is 22.5. The molecule has 0 bridgehead atoms. The lowest BCUT2D eigenvalue weighted by atomic mass is 10.0. The van der Waals surface area contributed by atoms with Crippen molar-refractivity contribution >= 4 is 48.9 Å². The van der Waals surface area contributed by atoms with E-state index in [1.807, 2.05) is 6.07 Å². The summed E-state index contributed by atoms with van der Waals surface area (Å²) in [6.07, 6.45) is 2.75. The molecule has 204 valence electrons. The van der Waals surface area contributed by atoms with Crippen LogP contribution in [0.4, 0.5) is 15.8 Å². The molecule has 2 atom stereocenters. The third-order valence-electron chi connectivity index (χ3n) is 6.93. The molecule has 11 nitrogen and oxygen atoms in total. The molecule has 4 heterocycles. The van der Waals surface area contributed by atoms with E-state index in [0.29, 0.717) is 16.3 Å². The molecule has 0 spiro atoms. The smallest absolute Gasteiger partial charge is 0.317 e. The van der Waals surface area contributed by atoms with Gasteiger partial charge in [-0.25, -0.2) is 17.8 Å². The van der Waals surface area contributed by atoms with Crippen molar-refractivity contribution in [2.45, 2.75) is 32.0 Å². The Hall–Kier alpha value is -3.84. The Balaban J connectivity index is 1.38. The van der Waals surface area contributed by atoms with Gasteiger partial charge in [-0.05, 0) is 38.1 Å². The van der Waals surface area contributed by atoms with Crippen LogP contribution in [0.25, 0.3) is 21.8 Å². The lowest BCUT2D eigenvalue weighted by Gasteiger charge is -2.38. The van der Waals surface area contributed by atoms with Gasteiger partial charge in [0.15, 0.2) is 15.7 Å². The zero-order valence-electron chi connectivity index (χ0n) is 21.7. The Labute approximate surface area is 224 Å². The Bertz CT molecular complexity index is 1700. The van der Waals surface area contributed by atoms with Gasteiger partial charge in [0.25, 0.3) is 5.91 Å². The molecule has 0 unspecified atom stereocenters. The zero-order chi connectivity index (χ0) is 27.5. The third-order valence-corrected chi connectivity index (χ3v) is 8.69. The van der Waals surface area contributed by atoms with Crippen LogP contribution in [0.3, 0.4) is 0 Å². The van der Waals surface area contributed by atoms with E-state index >= 15 is 0 Å². The first-order chi connectivity index (χ1) is 18.5. The number of aromatic nitrogens is 4. The average Bonchev–Trinajstić information content (AvgIpc) is 3.22. The molecule has 2 aliphatic heterocycles. The fourth-order valence-corrected chi connectivity index (χ4v) is 6.52. The minimum atomic E-state index is -3.09. The van der Waals surface area contributed by atoms with Crippen LogP contribution in [-0.2, 0) is 16.9 Å². The van der Waals surface area contributed by atoms with E-state index in [2.05, 4.69) is 44.4 Å². The SMILES string of the molecule is C[C@@H]1CN(c2ccc(C(=O)Nc3cc(F)c4nn(C)cc4c3)c3nc(OC4CS(=O)(=O)C4)ncc23)C[C@H](C)N1. The Morgan fingerprint density at radius 3 is 2.62 bits per heavy atom. The largest absolute Gasteiger partial charge is 0.458 e. The van der Waals surface area contributed by atoms with Crippen LogP contribution in [0.2, 0.25) is 0 Å². The van der Waals surface area contributed by atoms with E-state index in [-0.39, 0.29) is 46.4 Å². The van der Waals surface area contributed by atoms with E-state index in [1.165, 1.54) is 10.7 Å². The summed E-state index contributed by atoms with van der Waals surface area (Å²) in [4.78, 5) is 24.6. The standard InChI is InChI=1S/C26H28FN7O4S/c1-14-9-34(10-15(2)29-14)22-5-4-19(24-20(22)8-28-26(31-24)38-18-12-39(36,37)13-18)25(35)30-17-6-16-11-33(3)32-23(16)21(27)7-17/h4-8,11,14-15,18,29H,9-10,12-13H2,1-3H3,(H,30,35)/t14-,15+. The highest BCUT2D eigenvalue weighted by atomic mass is 32.2. The number of hydrogen-bond acceptors (Lipinski definition) is 9. The van der Waals surface area contributed by atoms with E-state index in [0.717, 1.165) is 18.8 Å². The number of rotatable bonds is 5. The van der Waals surface area contributed by atoms with Crippen LogP contribution in [0.5, 0.6) is 6.01 Å². The van der Waals surface area contributed by atoms with Crippen molar-refractivity contribution in [3.05, 3.63) is 48.0 Å². The molecule has 1 amide bonds. The monoisotopic (exact) mass is 553 g/mol. The summed E-state index contributed by atoms with van der Waals surface area (Å²) >= 11 is 0. The summed E-state index contributed by atoms with van der Waals surface area (Å²) in [6, 6.07) is 6.96. The van der Waals surface area contributed by atoms with Crippen LogP contribution < -0.4 is 20.3 Å². The summed E-state index contributed by atoms with van der Waals surface area (Å²) in [7, 11) is -1.39. The molecule has 2 saturated heterocycles. The second-order valence-corrected chi connectivity index (χ2v) is 12.5. The fraction of sp³-hybridized carbons (Fsp3) is 0.385. The van der Waals surface area contributed by atoms with E-state index in [1.54, 1.807) is 31.6 Å². The lowest BCUT2D eigenvalue weighted by Crippen LogP contribution is -2.54. The molecule has 2 fully saturated rings. The first-order valence-electron chi connectivity index (χ1n) is 12.7. The number of amides is 1. The minimum absolute atomic E-state index is 0.00142. The molecular formula is C26H28FN7O4S. The quantitative estimate of drug-likeness (QED) is 0.382. The maximum absolute atomic E-state index is 14.6. The van der Waals surface area contributed by atoms with Gasteiger partial charge in [-0.3, -0.25) is 9.48 Å². The topological polar surface area (TPSA) is 131 Å². The van der Waals surface area contributed by atoms with Crippen molar-refractivity contribution in [1.82, 2.24) is 25.1 Å². The Kier molecular flexibility index (Phi) is 6.14. The third kappa shape index (κ3) is 4.99. The van der Waals surface area contributed by atoms with Crippen LogP contribution >= 0.6 is 0 Å². The number of sulfone groups is 1. The van der Waals surface area contributed by atoms with Gasteiger partial charge >= 0.3 is 6.01 Å².